The van der Waals surface area contributed by atoms with Crippen molar-refractivity contribution in [2.75, 3.05) is 0 Å². The fourth-order valence-electron chi connectivity index (χ4n) is 0.799. The molecule has 0 spiro atoms. The van der Waals surface area contributed by atoms with E-state index in [-0.39, 0.29) is 0 Å². The zero-order valence-corrected chi connectivity index (χ0v) is 8.90. The molecule has 90 valence electrons. The summed E-state index contributed by atoms with van der Waals surface area (Å²) in [7, 11) is 0. The van der Waals surface area contributed by atoms with Crippen LogP contribution in [0.2, 0.25) is 0 Å². The molecule has 0 aliphatic rings. The number of carboxylic acid groups (broad SMARTS) is 1. The molecule has 17 heavy (non-hydrogen) atoms. The van der Waals surface area contributed by atoms with Crippen LogP contribution in [0, 0.1) is 9.81 Å². The number of carboxylic acids is 1. The zero-order chi connectivity index (χ0) is 13.3. The first-order valence-corrected chi connectivity index (χ1v) is 4.41. The van der Waals surface area contributed by atoms with Crippen LogP contribution in [-0.2, 0) is 4.79 Å². The van der Waals surface area contributed by atoms with Crippen molar-refractivity contribution in [1.82, 2.24) is 0 Å². The van der Waals surface area contributed by atoms with Crippen LogP contribution >= 0.6 is 0 Å². The van der Waals surface area contributed by atoms with Gasteiger partial charge < -0.3 is 10.2 Å². The summed E-state index contributed by atoms with van der Waals surface area (Å²) in [4.78, 5) is 30.9. The maximum atomic E-state index is 10.4. The minimum atomic E-state index is -1.16. The summed E-state index contributed by atoms with van der Waals surface area (Å²) in [6.45, 7) is 1.44. The molecule has 0 aromatic carbocycles. The SMILES string of the molecule is C\C=C(O)/C(N=O)=C(\C=C\C=C\C(=O)O)N=O. The maximum Gasteiger partial charge on any atom is 0.328 e. The Bertz CT molecular complexity index is 432. The van der Waals surface area contributed by atoms with Crippen LogP contribution in [0.3, 0.4) is 0 Å². The van der Waals surface area contributed by atoms with Crippen LogP contribution in [0.15, 0.2) is 57.9 Å². The Morgan fingerprint density at radius 1 is 1.06 bits per heavy atom. The highest BCUT2D eigenvalue weighted by Gasteiger charge is 2.09. The van der Waals surface area contributed by atoms with Gasteiger partial charge in [-0.25, -0.2) is 4.79 Å². The van der Waals surface area contributed by atoms with E-state index in [1.807, 2.05) is 0 Å². The van der Waals surface area contributed by atoms with Crippen LogP contribution < -0.4 is 0 Å². The third-order valence-corrected chi connectivity index (χ3v) is 1.55. The van der Waals surface area contributed by atoms with Crippen molar-refractivity contribution in [2.24, 2.45) is 10.4 Å². The van der Waals surface area contributed by atoms with Gasteiger partial charge in [-0.1, -0.05) is 12.2 Å². The summed E-state index contributed by atoms with van der Waals surface area (Å²) in [6, 6.07) is 0. The van der Waals surface area contributed by atoms with E-state index in [1.165, 1.54) is 19.1 Å². The van der Waals surface area contributed by atoms with Gasteiger partial charge in [-0.15, -0.1) is 9.81 Å². The van der Waals surface area contributed by atoms with E-state index in [0.29, 0.717) is 0 Å². The summed E-state index contributed by atoms with van der Waals surface area (Å²) in [5.41, 5.74) is -0.909. The Morgan fingerprint density at radius 3 is 2.06 bits per heavy atom. The summed E-state index contributed by atoms with van der Waals surface area (Å²) < 4.78 is 0. The van der Waals surface area contributed by atoms with Crippen LogP contribution in [0.25, 0.3) is 0 Å². The summed E-state index contributed by atoms with van der Waals surface area (Å²) in [5, 5.41) is 22.5. The fourth-order valence-corrected chi connectivity index (χ4v) is 0.799. The molecule has 0 aromatic heterocycles. The third-order valence-electron chi connectivity index (χ3n) is 1.55. The lowest BCUT2D eigenvalue weighted by Crippen LogP contribution is -1.88. The molecule has 0 heterocycles. The Balaban J connectivity index is 5.18. The molecule has 7 nitrogen and oxygen atoms in total. The highest BCUT2D eigenvalue weighted by molar-refractivity contribution is 5.80. The quantitative estimate of drug-likeness (QED) is 0.319. The predicted molar refractivity (Wildman–Crippen MR) is 60.9 cm³/mol. The molecule has 0 saturated heterocycles. The predicted octanol–water partition coefficient (Wildman–Crippen LogP) is 2.39. The number of hydrogen-bond donors (Lipinski definition) is 2. The van der Waals surface area contributed by atoms with Gasteiger partial charge in [0.05, 0.1) is 0 Å². The van der Waals surface area contributed by atoms with Crippen molar-refractivity contribution in [3.63, 3.8) is 0 Å². The molecule has 7 heteroatoms. The summed E-state index contributed by atoms with van der Waals surface area (Å²) in [6.07, 6.45) is 5.36. The van der Waals surface area contributed by atoms with Crippen LogP contribution in [0.1, 0.15) is 6.92 Å². The summed E-state index contributed by atoms with van der Waals surface area (Å²) in [5.74, 6) is -1.65. The van der Waals surface area contributed by atoms with E-state index in [1.54, 1.807) is 0 Å². The molecule has 0 bridgehead atoms. The van der Waals surface area contributed by atoms with Gasteiger partial charge in [0.1, 0.15) is 11.5 Å². The molecule has 0 aliphatic carbocycles. The molecule has 0 amide bonds. The van der Waals surface area contributed by atoms with Crippen molar-refractivity contribution in [2.45, 2.75) is 6.92 Å². The van der Waals surface area contributed by atoms with Gasteiger partial charge in [-0.3, -0.25) is 0 Å². The van der Waals surface area contributed by atoms with E-state index >= 15 is 0 Å². The van der Waals surface area contributed by atoms with E-state index in [2.05, 4.69) is 10.4 Å². The highest BCUT2D eigenvalue weighted by atomic mass is 16.4. The molecule has 2 N–H and O–H groups in total. The third kappa shape index (κ3) is 5.17. The standard InChI is InChI=1S/C10H10N2O5/c1-2-8(13)10(12-17)7(11-16)5-3-4-6-9(14)15/h2-6,13H,1H3,(H,14,15)/b5-3+,6-4+,8-2+,10-7-. The monoisotopic (exact) mass is 238 g/mol. The lowest BCUT2D eigenvalue weighted by atomic mass is 10.2. The first kappa shape index (κ1) is 14.4. The minimum absolute atomic E-state index is 0.398. The molecule has 0 saturated carbocycles. The minimum Gasteiger partial charge on any atom is -0.506 e. The molecule has 0 aromatic rings. The number of rotatable bonds is 6. The van der Waals surface area contributed by atoms with Crippen molar-refractivity contribution in [3.05, 3.63) is 57.3 Å². The van der Waals surface area contributed by atoms with Gasteiger partial charge in [0.25, 0.3) is 0 Å². The zero-order valence-electron chi connectivity index (χ0n) is 8.90. The molecule has 0 fully saturated rings. The van der Waals surface area contributed by atoms with Gasteiger partial charge in [-0.2, -0.15) is 0 Å². The van der Waals surface area contributed by atoms with Crippen molar-refractivity contribution >= 4 is 5.97 Å². The Hall–Kier alpha value is -2.57. The molecule has 0 aliphatic heterocycles. The van der Waals surface area contributed by atoms with E-state index in [0.717, 1.165) is 18.2 Å². The smallest absolute Gasteiger partial charge is 0.328 e. The van der Waals surface area contributed by atoms with E-state index in [4.69, 9.17) is 5.11 Å². The molecular formula is C10H10N2O5. The van der Waals surface area contributed by atoms with Crippen LogP contribution in [0.4, 0.5) is 0 Å². The molecule has 0 atom stereocenters. The fraction of sp³-hybridized carbons (Fsp3) is 0.100. The lowest BCUT2D eigenvalue weighted by Gasteiger charge is -1.96. The number of aliphatic hydroxyl groups is 1. The average molecular weight is 238 g/mol. The highest BCUT2D eigenvalue weighted by Crippen LogP contribution is 2.16. The number of carbonyl (C=O) groups is 1. The number of hydrogen-bond acceptors (Lipinski definition) is 6. The number of nitroso groups, excluding NO2 is 2. The first-order valence-electron chi connectivity index (χ1n) is 4.41. The Labute approximate surface area is 96.4 Å². The van der Waals surface area contributed by atoms with Crippen molar-refractivity contribution in [3.8, 4) is 0 Å². The maximum absolute atomic E-state index is 10.4. The van der Waals surface area contributed by atoms with E-state index in [9.17, 15) is 19.7 Å². The van der Waals surface area contributed by atoms with Gasteiger partial charge in [0.2, 0.25) is 0 Å². The Kier molecular flexibility index (Phi) is 6.52. The topological polar surface area (TPSA) is 116 Å². The average Bonchev–Trinajstić information content (AvgIpc) is 2.32. The number of allylic oxidation sites excluding steroid dienone is 4. The van der Waals surface area contributed by atoms with Gasteiger partial charge >= 0.3 is 5.97 Å². The lowest BCUT2D eigenvalue weighted by molar-refractivity contribution is -0.131. The second-order valence-electron chi connectivity index (χ2n) is 2.65. The van der Waals surface area contributed by atoms with Gasteiger partial charge in [0, 0.05) is 6.08 Å². The summed E-state index contributed by atoms with van der Waals surface area (Å²) >= 11 is 0. The molecule has 0 radical (unpaired) electrons. The first-order chi connectivity index (χ1) is 8.06. The van der Waals surface area contributed by atoms with Crippen LogP contribution in [-0.4, -0.2) is 16.2 Å². The van der Waals surface area contributed by atoms with Crippen molar-refractivity contribution < 1.29 is 15.0 Å². The van der Waals surface area contributed by atoms with Gasteiger partial charge in [0.15, 0.2) is 5.70 Å². The Morgan fingerprint density at radius 2 is 1.65 bits per heavy atom. The van der Waals surface area contributed by atoms with Crippen molar-refractivity contribution in [1.29, 1.82) is 0 Å². The van der Waals surface area contributed by atoms with Crippen LogP contribution in [0.5, 0.6) is 0 Å². The molecular weight excluding hydrogens is 228 g/mol. The largest absolute Gasteiger partial charge is 0.506 e. The number of nitrogens with zero attached hydrogens (tertiary/aromatic N) is 2. The molecule has 0 rings (SSSR count). The molecule has 0 unspecified atom stereocenters. The second-order valence-corrected chi connectivity index (χ2v) is 2.65. The normalized spacial score (nSPS) is 13.8. The van der Waals surface area contributed by atoms with E-state index < -0.39 is 23.1 Å². The number of aliphatic carboxylic acids is 1. The second kappa shape index (κ2) is 7.69. The number of aliphatic hydroxyl groups excluding tert-OH is 1. The van der Waals surface area contributed by atoms with Gasteiger partial charge in [-0.05, 0) is 29.4 Å².